The summed E-state index contributed by atoms with van der Waals surface area (Å²) in [4.78, 5) is 0. The Morgan fingerprint density at radius 1 is 1.30 bits per heavy atom. The average Bonchev–Trinajstić information content (AvgIpc) is 2.48. The smallest absolute Gasteiger partial charge is 0.233 e. The molecule has 1 unspecified atom stereocenters. The number of hydrogen-bond acceptors (Lipinski definition) is 4. The Bertz CT molecular complexity index is 577. The van der Waals surface area contributed by atoms with Crippen LogP contribution < -0.4 is 10.1 Å². The molecule has 0 aliphatic heterocycles. The molecular formula is C14H15BrFN3O. The van der Waals surface area contributed by atoms with Gasteiger partial charge in [-0.2, -0.15) is 5.10 Å². The Hall–Kier alpha value is -1.53. The molecule has 0 radical (unpaired) electrons. The maximum atomic E-state index is 13.3. The van der Waals surface area contributed by atoms with Crippen molar-refractivity contribution < 1.29 is 9.13 Å². The summed E-state index contributed by atoms with van der Waals surface area (Å²) in [5.41, 5.74) is 1.66. The summed E-state index contributed by atoms with van der Waals surface area (Å²) in [5, 5.41) is 11.2. The zero-order chi connectivity index (χ0) is 14.5. The highest BCUT2D eigenvalue weighted by molar-refractivity contribution is 9.10. The van der Waals surface area contributed by atoms with Crippen LogP contribution >= 0.6 is 15.9 Å². The predicted octanol–water partition coefficient (Wildman–Crippen LogP) is 2.89. The van der Waals surface area contributed by atoms with Crippen molar-refractivity contribution in [3.05, 3.63) is 51.9 Å². The third-order valence-electron chi connectivity index (χ3n) is 3.01. The lowest BCUT2D eigenvalue weighted by molar-refractivity contribution is 0.389. The molecule has 1 aromatic heterocycles. The fraction of sp³-hybridized carbons (Fsp3) is 0.286. The van der Waals surface area contributed by atoms with E-state index in [2.05, 4.69) is 31.4 Å². The highest BCUT2D eigenvalue weighted by Crippen LogP contribution is 2.24. The molecular weight excluding hydrogens is 325 g/mol. The lowest BCUT2D eigenvalue weighted by atomic mass is 10.0. The number of likely N-dealkylation sites (N-methyl/N-ethyl adjacent to an activating group) is 1. The first kappa shape index (κ1) is 14.9. The molecule has 1 N–H and O–H groups in total. The van der Waals surface area contributed by atoms with Gasteiger partial charge in [-0.05, 0) is 43.3 Å². The first-order valence-electron chi connectivity index (χ1n) is 6.13. The van der Waals surface area contributed by atoms with E-state index in [0.29, 0.717) is 12.3 Å². The standard InChI is InChI=1S/C14H15BrFN3O/c1-17-13(12-5-6-14(20-2)19-18-12)8-9-7-10(16)3-4-11(9)15/h3-7,13,17H,8H2,1-2H3. The lowest BCUT2D eigenvalue weighted by Crippen LogP contribution is -2.20. The summed E-state index contributed by atoms with van der Waals surface area (Å²) >= 11 is 3.43. The van der Waals surface area contributed by atoms with Gasteiger partial charge in [0, 0.05) is 10.5 Å². The molecule has 0 amide bonds. The third kappa shape index (κ3) is 3.52. The van der Waals surface area contributed by atoms with E-state index in [1.165, 1.54) is 12.1 Å². The first-order chi connectivity index (χ1) is 9.63. The Kier molecular flexibility index (Phi) is 5.03. The van der Waals surface area contributed by atoms with E-state index < -0.39 is 0 Å². The maximum Gasteiger partial charge on any atom is 0.233 e. The summed E-state index contributed by atoms with van der Waals surface area (Å²) in [5.74, 6) is 0.217. The number of aromatic nitrogens is 2. The van der Waals surface area contributed by atoms with Crippen LogP contribution in [-0.4, -0.2) is 24.4 Å². The second kappa shape index (κ2) is 6.76. The van der Waals surface area contributed by atoms with Crippen molar-refractivity contribution in [2.24, 2.45) is 0 Å². The zero-order valence-electron chi connectivity index (χ0n) is 11.2. The van der Waals surface area contributed by atoms with Gasteiger partial charge in [0.05, 0.1) is 18.8 Å². The number of benzene rings is 1. The average molecular weight is 340 g/mol. The first-order valence-corrected chi connectivity index (χ1v) is 6.92. The predicted molar refractivity (Wildman–Crippen MR) is 78.2 cm³/mol. The van der Waals surface area contributed by atoms with E-state index in [1.54, 1.807) is 19.2 Å². The molecule has 0 bridgehead atoms. The molecule has 20 heavy (non-hydrogen) atoms. The summed E-state index contributed by atoms with van der Waals surface area (Å²) in [6.45, 7) is 0. The van der Waals surface area contributed by atoms with Crippen LogP contribution in [0.25, 0.3) is 0 Å². The van der Waals surface area contributed by atoms with E-state index in [-0.39, 0.29) is 11.9 Å². The van der Waals surface area contributed by atoms with Crippen molar-refractivity contribution in [1.29, 1.82) is 0 Å². The quantitative estimate of drug-likeness (QED) is 0.909. The zero-order valence-corrected chi connectivity index (χ0v) is 12.8. The summed E-state index contributed by atoms with van der Waals surface area (Å²) in [7, 11) is 3.38. The molecule has 106 valence electrons. The highest BCUT2D eigenvalue weighted by atomic mass is 79.9. The van der Waals surface area contributed by atoms with Gasteiger partial charge in [0.25, 0.3) is 0 Å². The van der Waals surface area contributed by atoms with Crippen molar-refractivity contribution in [2.45, 2.75) is 12.5 Å². The Morgan fingerprint density at radius 3 is 2.70 bits per heavy atom. The lowest BCUT2D eigenvalue weighted by Gasteiger charge is -2.16. The van der Waals surface area contributed by atoms with E-state index in [1.807, 2.05) is 13.1 Å². The van der Waals surface area contributed by atoms with E-state index in [9.17, 15) is 4.39 Å². The number of halogens is 2. The van der Waals surface area contributed by atoms with Gasteiger partial charge in [-0.15, -0.1) is 5.10 Å². The number of nitrogens with one attached hydrogen (secondary N) is 1. The summed E-state index contributed by atoms with van der Waals surface area (Å²) in [6, 6.07) is 8.21. The Morgan fingerprint density at radius 2 is 2.10 bits per heavy atom. The molecule has 1 aromatic carbocycles. The fourth-order valence-corrected chi connectivity index (χ4v) is 2.31. The van der Waals surface area contributed by atoms with E-state index in [4.69, 9.17) is 4.74 Å². The highest BCUT2D eigenvalue weighted by Gasteiger charge is 2.14. The number of nitrogens with zero attached hydrogens (tertiary/aromatic N) is 2. The van der Waals surface area contributed by atoms with Crippen LogP contribution in [0.15, 0.2) is 34.8 Å². The molecule has 4 nitrogen and oxygen atoms in total. The van der Waals surface area contributed by atoms with Gasteiger partial charge in [0.1, 0.15) is 5.82 Å². The minimum Gasteiger partial charge on any atom is -0.480 e. The Balaban J connectivity index is 2.21. The van der Waals surface area contributed by atoms with Crippen molar-refractivity contribution in [2.75, 3.05) is 14.2 Å². The molecule has 0 spiro atoms. The SMILES string of the molecule is CNC(Cc1cc(F)ccc1Br)c1ccc(OC)nn1. The van der Waals surface area contributed by atoms with Crippen LogP contribution in [0.3, 0.4) is 0 Å². The molecule has 0 fully saturated rings. The van der Waals surface area contributed by atoms with Crippen LogP contribution in [0.2, 0.25) is 0 Å². The van der Waals surface area contributed by atoms with Gasteiger partial charge in [-0.3, -0.25) is 0 Å². The maximum absolute atomic E-state index is 13.3. The molecule has 0 saturated carbocycles. The van der Waals surface area contributed by atoms with E-state index in [0.717, 1.165) is 15.7 Å². The van der Waals surface area contributed by atoms with Crippen LogP contribution in [0.1, 0.15) is 17.3 Å². The molecule has 2 aromatic rings. The van der Waals surface area contributed by atoms with Gasteiger partial charge < -0.3 is 10.1 Å². The van der Waals surface area contributed by atoms with Gasteiger partial charge in [0.2, 0.25) is 5.88 Å². The number of hydrogen-bond donors (Lipinski definition) is 1. The molecule has 2 rings (SSSR count). The monoisotopic (exact) mass is 339 g/mol. The van der Waals surface area contributed by atoms with Crippen molar-refractivity contribution in [3.63, 3.8) is 0 Å². The van der Waals surface area contributed by atoms with Gasteiger partial charge >= 0.3 is 0 Å². The molecule has 0 saturated heterocycles. The van der Waals surface area contributed by atoms with E-state index >= 15 is 0 Å². The second-order valence-corrected chi connectivity index (χ2v) is 5.14. The summed E-state index contributed by atoms with van der Waals surface area (Å²) < 4.78 is 19.2. The van der Waals surface area contributed by atoms with Crippen LogP contribution in [0, 0.1) is 5.82 Å². The number of rotatable bonds is 5. The number of ether oxygens (including phenoxy) is 1. The van der Waals surface area contributed by atoms with Crippen LogP contribution in [0.4, 0.5) is 4.39 Å². The minimum absolute atomic E-state index is 0.0495. The van der Waals surface area contributed by atoms with Crippen molar-refractivity contribution in [3.8, 4) is 5.88 Å². The van der Waals surface area contributed by atoms with Gasteiger partial charge in [-0.25, -0.2) is 4.39 Å². The minimum atomic E-state index is -0.251. The second-order valence-electron chi connectivity index (χ2n) is 4.28. The van der Waals surface area contributed by atoms with Crippen LogP contribution in [-0.2, 0) is 6.42 Å². The molecule has 0 aliphatic rings. The normalized spacial score (nSPS) is 12.2. The number of methoxy groups -OCH3 is 1. The third-order valence-corrected chi connectivity index (χ3v) is 3.78. The fourth-order valence-electron chi connectivity index (χ4n) is 1.90. The van der Waals surface area contributed by atoms with Crippen molar-refractivity contribution >= 4 is 15.9 Å². The van der Waals surface area contributed by atoms with Gasteiger partial charge in [0.15, 0.2) is 0 Å². The topological polar surface area (TPSA) is 47.0 Å². The molecule has 6 heteroatoms. The summed E-state index contributed by atoms with van der Waals surface area (Å²) in [6.07, 6.45) is 0.607. The van der Waals surface area contributed by atoms with Gasteiger partial charge in [-0.1, -0.05) is 15.9 Å². The molecule has 1 heterocycles. The van der Waals surface area contributed by atoms with Crippen LogP contribution in [0.5, 0.6) is 5.88 Å². The molecule has 0 aliphatic carbocycles. The Labute approximate surface area is 125 Å². The van der Waals surface area contributed by atoms with Crippen molar-refractivity contribution in [1.82, 2.24) is 15.5 Å². The molecule has 1 atom stereocenters. The largest absolute Gasteiger partial charge is 0.480 e.